The molecule has 1 aliphatic heterocycles. The van der Waals surface area contributed by atoms with Crippen molar-refractivity contribution in [1.82, 2.24) is 10.6 Å². The van der Waals surface area contributed by atoms with Crippen LogP contribution in [0.2, 0.25) is 0 Å². The third-order valence-corrected chi connectivity index (χ3v) is 1.31. The van der Waals surface area contributed by atoms with Crippen LogP contribution >= 0.6 is 0 Å². The van der Waals surface area contributed by atoms with E-state index in [1.54, 1.807) is 0 Å². The van der Waals surface area contributed by atoms with Gasteiger partial charge in [-0.25, -0.2) is 0 Å². The first-order chi connectivity index (χ1) is 4.79. The molecule has 0 saturated carbocycles. The number of piperazine rings is 1. The molecule has 3 nitrogen and oxygen atoms in total. The summed E-state index contributed by atoms with van der Waals surface area (Å²) in [4.78, 5) is 0. The summed E-state index contributed by atoms with van der Waals surface area (Å²) in [6, 6.07) is 0.527. The average Bonchev–Trinajstić information content (AvgIpc) is 1.91. The first kappa shape index (κ1) is 9.88. The highest BCUT2D eigenvalue weighted by Crippen LogP contribution is 1.85. The summed E-state index contributed by atoms with van der Waals surface area (Å²) in [7, 11) is 0. The van der Waals surface area contributed by atoms with Crippen molar-refractivity contribution >= 4 is 0 Å². The molecule has 1 saturated heterocycles. The van der Waals surface area contributed by atoms with E-state index >= 15 is 0 Å². The maximum atomic E-state index is 5.55. The van der Waals surface area contributed by atoms with Crippen molar-refractivity contribution in [3.63, 3.8) is 0 Å². The molecular weight excluding hydrogens is 126 g/mol. The molecule has 0 aromatic rings. The van der Waals surface area contributed by atoms with Crippen LogP contribution in [-0.2, 0) is 0 Å². The summed E-state index contributed by atoms with van der Waals surface area (Å²) in [5.74, 6) is 0. The second-order valence-corrected chi connectivity index (χ2v) is 2.33. The maximum absolute atomic E-state index is 5.55. The molecule has 2 unspecified atom stereocenters. The lowest BCUT2D eigenvalue weighted by Crippen LogP contribution is -2.57. The summed E-state index contributed by atoms with van der Waals surface area (Å²) in [5, 5.41) is 6.39. The highest BCUT2D eigenvalue weighted by atomic mass is 15.1. The van der Waals surface area contributed by atoms with Gasteiger partial charge in [-0.15, -0.1) is 0 Å². The molecule has 0 aliphatic carbocycles. The van der Waals surface area contributed by atoms with Crippen molar-refractivity contribution < 1.29 is 0 Å². The topological polar surface area (TPSA) is 50.1 Å². The van der Waals surface area contributed by atoms with Gasteiger partial charge in [-0.3, -0.25) is 5.32 Å². The fourth-order valence-electron chi connectivity index (χ4n) is 0.939. The summed E-state index contributed by atoms with van der Waals surface area (Å²) in [6.45, 7) is 8.05. The van der Waals surface area contributed by atoms with Gasteiger partial charge in [0.15, 0.2) is 0 Å². The van der Waals surface area contributed by atoms with Crippen LogP contribution in [0.1, 0.15) is 20.8 Å². The fraction of sp³-hybridized carbons (Fsp3) is 1.00. The molecule has 1 heterocycles. The second kappa shape index (κ2) is 5.65. The highest BCUT2D eigenvalue weighted by Gasteiger charge is 2.11. The Morgan fingerprint density at radius 1 is 1.30 bits per heavy atom. The van der Waals surface area contributed by atoms with E-state index in [-0.39, 0.29) is 6.17 Å². The average molecular weight is 145 g/mol. The van der Waals surface area contributed by atoms with Gasteiger partial charge < -0.3 is 11.1 Å². The first-order valence-electron chi connectivity index (χ1n) is 4.01. The molecule has 2 atom stereocenters. The maximum Gasteiger partial charge on any atom is 0.0677 e. The van der Waals surface area contributed by atoms with Crippen LogP contribution in [0.5, 0.6) is 0 Å². The van der Waals surface area contributed by atoms with Gasteiger partial charge in [0.25, 0.3) is 0 Å². The number of hydrogen-bond donors (Lipinski definition) is 3. The normalized spacial score (nSPS) is 32.4. The van der Waals surface area contributed by atoms with Crippen LogP contribution in [0, 0.1) is 0 Å². The van der Waals surface area contributed by atoms with Gasteiger partial charge in [0.05, 0.1) is 6.17 Å². The van der Waals surface area contributed by atoms with E-state index in [9.17, 15) is 0 Å². The van der Waals surface area contributed by atoms with Gasteiger partial charge in [-0.05, 0) is 6.92 Å². The van der Waals surface area contributed by atoms with E-state index in [0.717, 1.165) is 13.1 Å². The molecule has 0 aromatic heterocycles. The van der Waals surface area contributed by atoms with Crippen molar-refractivity contribution in [2.24, 2.45) is 5.73 Å². The molecule has 1 rings (SSSR count). The van der Waals surface area contributed by atoms with Crippen LogP contribution in [0.3, 0.4) is 0 Å². The molecule has 62 valence electrons. The molecule has 4 N–H and O–H groups in total. The summed E-state index contributed by atoms with van der Waals surface area (Å²) in [6.07, 6.45) is 0.152. The van der Waals surface area contributed by atoms with E-state index in [2.05, 4.69) is 17.6 Å². The zero-order valence-electron chi connectivity index (χ0n) is 7.15. The van der Waals surface area contributed by atoms with Crippen LogP contribution in [0.25, 0.3) is 0 Å². The van der Waals surface area contributed by atoms with Gasteiger partial charge in [-0.2, -0.15) is 0 Å². The molecule has 10 heavy (non-hydrogen) atoms. The summed E-state index contributed by atoms with van der Waals surface area (Å²) in [5.41, 5.74) is 5.55. The first-order valence-corrected chi connectivity index (χ1v) is 4.01. The monoisotopic (exact) mass is 145 g/mol. The SMILES string of the molecule is CC.CC1CNCC(N)N1. The Bertz CT molecular complexity index is 67.3. The molecular formula is C7H19N3. The Balaban J connectivity index is 0.000000371. The Kier molecular flexibility index (Phi) is 5.58. The zero-order chi connectivity index (χ0) is 7.98. The highest BCUT2D eigenvalue weighted by molar-refractivity contribution is 4.75. The minimum Gasteiger partial charge on any atom is -0.315 e. The fourth-order valence-corrected chi connectivity index (χ4v) is 0.939. The summed E-state index contributed by atoms with van der Waals surface area (Å²) >= 11 is 0. The molecule has 0 spiro atoms. The largest absolute Gasteiger partial charge is 0.315 e. The predicted octanol–water partition coefficient (Wildman–Crippen LogP) is -0.121. The van der Waals surface area contributed by atoms with Crippen molar-refractivity contribution in [3.8, 4) is 0 Å². The number of rotatable bonds is 0. The molecule has 0 aromatic carbocycles. The smallest absolute Gasteiger partial charge is 0.0677 e. The molecule has 0 radical (unpaired) electrons. The van der Waals surface area contributed by atoms with Crippen molar-refractivity contribution in [2.75, 3.05) is 13.1 Å². The molecule has 0 amide bonds. The minimum absolute atomic E-state index is 0.152. The van der Waals surface area contributed by atoms with Crippen LogP contribution in [-0.4, -0.2) is 25.3 Å². The van der Waals surface area contributed by atoms with Crippen molar-refractivity contribution in [2.45, 2.75) is 33.0 Å². The Morgan fingerprint density at radius 2 is 1.90 bits per heavy atom. The number of hydrogen-bond acceptors (Lipinski definition) is 3. The molecule has 0 bridgehead atoms. The lowest BCUT2D eigenvalue weighted by molar-refractivity contribution is 0.360. The molecule has 1 aliphatic rings. The van der Waals surface area contributed by atoms with E-state index < -0.39 is 0 Å². The molecule has 3 heteroatoms. The van der Waals surface area contributed by atoms with E-state index in [4.69, 9.17) is 5.73 Å². The lowest BCUT2D eigenvalue weighted by atomic mass is 10.2. The van der Waals surface area contributed by atoms with Gasteiger partial charge in [0.2, 0.25) is 0 Å². The number of nitrogens with one attached hydrogen (secondary N) is 2. The number of nitrogens with two attached hydrogens (primary N) is 1. The van der Waals surface area contributed by atoms with E-state index in [0.29, 0.717) is 6.04 Å². The van der Waals surface area contributed by atoms with Crippen LogP contribution < -0.4 is 16.4 Å². The van der Waals surface area contributed by atoms with Gasteiger partial charge >= 0.3 is 0 Å². The van der Waals surface area contributed by atoms with E-state index in [1.165, 1.54) is 0 Å². The Labute approximate surface area is 63.4 Å². The summed E-state index contributed by atoms with van der Waals surface area (Å²) < 4.78 is 0. The van der Waals surface area contributed by atoms with Crippen molar-refractivity contribution in [1.29, 1.82) is 0 Å². The van der Waals surface area contributed by atoms with Crippen molar-refractivity contribution in [3.05, 3.63) is 0 Å². The van der Waals surface area contributed by atoms with Gasteiger partial charge in [0, 0.05) is 19.1 Å². The predicted molar refractivity (Wildman–Crippen MR) is 44.8 cm³/mol. The third kappa shape index (κ3) is 3.82. The lowest BCUT2D eigenvalue weighted by Gasteiger charge is -2.26. The van der Waals surface area contributed by atoms with Gasteiger partial charge in [-0.1, -0.05) is 13.8 Å². The standard InChI is InChI=1S/C5H13N3.C2H6/c1-4-2-7-3-5(6)8-4;1-2/h4-5,7-8H,2-3,6H2,1H3;1-2H3. The Morgan fingerprint density at radius 3 is 2.20 bits per heavy atom. The molecule has 1 fully saturated rings. The quantitative estimate of drug-likeness (QED) is 0.445. The van der Waals surface area contributed by atoms with E-state index in [1.807, 2.05) is 13.8 Å². The Hall–Kier alpha value is -0.120. The third-order valence-electron chi connectivity index (χ3n) is 1.31. The van der Waals surface area contributed by atoms with Crippen LogP contribution in [0.4, 0.5) is 0 Å². The second-order valence-electron chi connectivity index (χ2n) is 2.33. The van der Waals surface area contributed by atoms with Gasteiger partial charge in [0.1, 0.15) is 0 Å². The zero-order valence-corrected chi connectivity index (χ0v) is 7.15. The minimum atomic E-state index is 0.152. The van der Waals surface area contributed by atoms with Crippen LogP contribution in [0.15, 0.2) is 0 Å².